The molecular formula is C18H20N4O3. The third kappa shape index (κ3) is 4.00. The molecule has 1 aromatic carbocycles. The summed E-state index contributed by atoms with van der Waals surface area (Å²) in [4.78, 5) is 31.3. The molecule has 0 bridgehead atoms. The standard InChI is InChI=1S/C18H20N4O3/c1-14-11-16(4-5-17(14)22(24)25)18(23)21-9-7-20(8-10-21)13-15-3-2-6-19-12-15/h2-6,11-12H,7-10,13H2,1H3. The average molecular weight is 340 g/mol. The van der Waals surface area contributed by atoms with Gasteiger partial charge in [0.1, 0.15) is 0 Å². The number of piperazine rings is 1. The molecule has 2 heterocycles. The molecule has 0 aliphatic carbocycles. The zero-order valence-corrected chi connectivity index (χ0v) is 14.1. The minimum atomic E-state index is -0.430. The van der Waals surface area contributed by atoms with Crippen LogP contribution in [0.5, 0.6) is 0 Å². The highest BCUT2D eigenvalue weighted by atomic mass is 16.6. The normalized spacial score (nSPS) is 15.2. The zero-order chi connectivity index (χ0) is 17.8. The summed E-state index contributed by atoms with van der Waals surface area (Å²) in [5.74, 6) is -0.0703. The highest BCUT2D eigenvalue weighted by molar-refractivity contribution is 5.94. The fraction of sp³-hybridized carbons (Fsp3) is 0.333. The monoisotopic (exact) mass is 340 g/mol. The Balaban J connectivity index is 1.60. The summed E-state index contributed by atoms with van der Waals surface area (Å²) in [5, 5.41) is 10.9. The van der Waals surface area contributed by atoms with E-state index in [2.05, 4.69) is 9.88 Å². The third-order valence-electron chi connectivity index (χ3n) is 4.43. The van der Waals surface area contributed by atoms with E-state index in [9.17, 15) is 14.9 Å². The van der Waals surface area contributed by atoms with E-state index in [0.717, 1.165) is 25.2 Å². The molecule has 2 aromatic rings. The number of hydrogen-bond donors (Lipinski definition) is 0. The van der Waals surface area contributed by atoms with Gasteiger partial charge in [-0.1, -0.05) is 6.07 Å². The van der Waals surface area contributed by atoms with Crippen molar-refractivity contribution in [1.29, 1.82) is 0 Å². The molecule has 1 amide bonds. The minimum Gasteiger partial charge on any atom is -0.336 e. The molecule has 130 valence electrons. The molecular weight excluding hydrogens is 320 g/mol. The van der Waals surface area contributed by atoms with Crippen LogP contribution >= 0.6 is 0 Å². The smallest absolute Gasteiger partial charge is 0.272 e. The number of rotatable bonds is 4. The number of aryl methyl sites for hydroxylation is 1. The van der Waals surface area contributed by atoms with Crippen LogP contribution < -0.4 is 0 Å². The van der Waals surface area contributed by atoms with Gasteiger partial charge in [-0.3, -0.25) is 24.8 Å². The quantitative estimate of drug-likeness (QED) is 0.630. The molecule has 0 saturated carbocycles. The van der Waals surface area contributed by atoms with Crippen LogP contribution in [0.3, 0.4) is 0 Å². The number of nitro groups is 1. The first-order valence-electron chi connectivity index (χ1n) is 8.20. The van der Waals surface area contributed by atoms with E-state index in [-0.39, 0.29) is 11.6 Å². The van der Waals surface area contributed by atoms with Crippen molar-refractivity contribution in [2.24, 2.45) is 0 Å². The predicted molar refractivity (Wildman–Crippen MR) is 93.3 cm³/mol. The van der Waals surface area contributed by atoms with E-state index in [0.29, 0.717) is 24.2 Å². The molecule has 0 radical (unpaired) electrons. The SMILES string of the molecule is Cc1cc(C(=O)N2CCN(Cc3cccnc3)CC2)ccc1[N+](=O)[O-]. The van der Waals surface area contributed by atoms with Gasteiger partial charge in [0, 0.05) is 62.3 Å². The molecule has 7 heteroatoms. The molecule has 0 spiro atoms. The van der Waals surface area contributed by atoms with Crippen molar-refractivity contribution in [2.45, 2.75) is 13.5 Å². The second-order valence-corrected chi connectivity index (χ2v) is 6.19. The number of amides is 1. The molecule has 3 rings (SSSR count). The second-order valence-electron chi connectivity index (χ2n) is 6.19. The molecule has 0 unspecified atom stereocenters. The number of carbonyl (C=O) groups excluding carboxylic acids is 1. The van der Waals surface area contributed by atoms with E-state index >= 15 is 0 Å². The summed E-state index contributed by atoms with van der Waals surface area (Å²) < 4.78 is 0. The maximum absolute atomic E-state index is 12.6. The Bertz CT molecular complexity index is 771. The van der Waals surface area contributed by atoms with Crippen LogP contribution in [-0.4, -0.2) is 51.8 Å². The fourth-order valence-electron chi connectivity index (χ4n) is 3.03. The van der Waals surface area contributed by atoms with Crippen LogP contribution in [-0.2, 0) is 6.54 Å². The van der Waals surface area contributed by atoms with Crippen LogP contribution in [0, 0.1) is 17.0 Å². The molecule has 0 N–H and O–H groups in total. The first kappa shape index (κ1) is 17.0. The van der Waals surface area contributed by atoms with Crippen molar-refractivity contribution in [3.63, 3.8) is 0 Å². The van der Waals surface area contributed by atoms with Gasteiger partial charge in [-0.05, 0) is 30.7 Å². The molecule has 7 nitrogen and oxygen atoms in total. The summed E-state index contributed by atoms with van der Waals surface area (Å²) in [6.07, 6.45) is 3.61. The highest BCUT2D eigenvalue weighted by Crippen LogP contribution is 2.20. The Kier molecular flexibility index (Phi) is 5.04. The Morgan fingerprint density at radius 1 is 1.24 bits per heavy atom. The Hall–Kier alpha value is -2.80. The lowest BCUT2D eigenvalue weighted by Crippen LogP contribution is -2.48. The van der Waals surface area contributed by atoms with E-state index in [1.54, 1.807) is 24.1 Å². The lowest BCUT2D eigenvalue weighted by molar-refractivity contribution is -0.385. The minimum absolute atomic E-state index is 0.0397. The zero-order valence-electron chi connectivity index (χ0n) is 14.1. The Morgan fingerprint density at radius 3 is 2.60 bits per heavy atom. The summed E-state index contributed by atoms with van der Waals surface area (Å²) in [6, 6.07) is 8.51. The molecule has 1 aliphatic heterocycles. The molecule has 1 aliphatic rings. The number of carbonyl (C=O) groups is 1. The first-order valence-corrected chi connectivity index (χ1v) is 8.20. The van der Waals surface area contributed by atoms with E-state index < -0.39 is 4.92 Å². The lowest BCUT2D eigenvalue weighted by Gasteiger charge is -2.34. The second kappa shape index (κ2) is 7.40. The first-order chi connectivity index (χ1) is 12.0. The molecule has 1 saturated heterocycles. The number of pyridine rings is 1. The topological polar surface area (TPSA) is 79.6 Å². The van der Waals surface area contributed by atoms with E-state index in [4.69, 9.17) is 0 Å². The van der Waals surface area contributed by atoms with Gasteiger partial charge < -0.3 is 4.90 Å². The van der Waals surface area contributed by atoms with Crippen LogP contribution in [0.4, 0.5) is 5.69 Å². The average Bonchev–Trinajstić information content (AvgIpc) is 2.62. The number of benzene rings is 1. The number of aromatic nitrogens is 1. The van der Waals surface area contributed by atoms with Crippen molar-refractivity contribution in [2.75, 3.05) is 26.2 Å². The molecule has 1 aromatic heterocycles. The molecule has 0 atom stereocenters. The van der Waals surface area contributed by atoms with Crippen LogP contribution in [0.1, 0.15) is 21.5 Å². The number of hydrogen-bond acceptors (Lipinski definition) is 5. The van der Waals surface area contributed by atoms with Crippen molar-refractivity contribution in [3.05, 3.63) is 69.5 Å². The largest absolute Gasteiger partial charge is 0.336 e. The summed E-state index contributed by atoms with van der Waals surface area (Å²) in [7, 11) is 0. The molecule has 25 heavy (non-hydrogen) atoms. The van der Waals surface area contributed by atoms with Gasteiger partial charge in [-0.25, -0.2) is 0 Å². The summed E-state index contributed by atoms with van der Waals surface area (Å²) in [5.41, 5.74) is 2.21. The Morgan fingerprint density at radius 2 is 2.00 bits per heavy atom. The van der Waals surface area contributed by atoms with E-state index in [1.807, 2.05) is 18.3 Å². The summed E-state index contributed by atoms with van der Waals surface area (Å²) in [6.45, 7) is 5.37. The van der Waals surface area contributed by atoms with Gasteiger partial charge in [-0.2, -0.15) is 0 Å². The molecule has 1 fully saturated rings. The van der Waals surface area contributed by atoms with Gasteiger partial charge in [0.25, 0.3) is 11.6 Å². The van der Waals surface area contributed by atoms with Crippen molar-refractivity contribution < 1.29 is 9.72 Å². The summed E-state index contributed by atoms with van der Waals surface area (Å²) >= 11 is 0. The van der Waals surface area contributed by atoms with Gasteiger partial charge in [0.2, 0.25) is 0 Å². The van der Waals surface area contributed by atoms with Crippen LogP contribution in [0.25, 0.3) is 0 Å². The van der Waals surface area contributed by atoms with Gasteiger partial charge in [0.15, 0.2) is 0 Å². The van der Waals surface area contributed by atoms with E-state index in [1.165, 1.54) is 12.1 Å². The maximum atomic E-state index is 12.6. The van der Waals surface area contributed by atoms with Gasteiger partial charge >= 0.3 is 0 Å². The van der Waals surface area contributed by atoms with Gasteiger partial charge in [-0.15, -0.1) is 0 Å². The van der Waals surface area contributed by atoms with Crippen molar-refractivity contribution in [3.8, 4) is 0 Å². The predicted octanol–water partition coefficient (Wildman–Crippen LogP) is 2.26. The van der Waals surface area contributed by atoms with Crippen molar-refractivity contribution in [1.82, 2.24) is 14.8 Å². The fourth-order valence-corrected chi connectivity index (χ4v) is 3.03. The highest BCUT2D eigenvalue weighted by Gasteiger charge is 2.23. The number of nitrogens with zero attached hydrogens (tertiary/aromatic N) is 4. The number of nitro benzene ring substituents is 1. The maximum Gasteiger partial charge on any atom is 0.272 e. The van der Waals surface area contributed by atoms with Gasteiger partial charge in [0.05, 0.1) is 4.92 Å². The van der Waals surface area contributed by atoms with Crippen LogP contribution in [0.2, 0.25) is 0 Å². The van der Waals surface area contributed by atoms with Crippen molar-refractivity contribution >= 4 is 11.6 Å². The Labute approximate surface area is 146 Å². The van der Waals surface area contributed by atoms with Crippen LogP contribution in [0.15, 0.2) is 42.7 Å². The third-order valence-corrected chi connectivity index (χ3v) is 4.43. The lowest BCUT2D eigenvalue weighted by atomic mass is 10.1.